The first-order chi connectivity index (χ1) is 6.04. The summed E-state index contributed by atoms with van der Waals surface area (Å²) in [7, 11) is 0. The number of rotatable bonds is 2. The van der Waals surface area contributed by atoms with Gasteiger partial charge in [-0.2, -0.15) is 0 Å². The van der Waals surface area contributed by atoms with Crippen LogP contribution in [0.2, 0.25) is 5.02 Å². The molecular weight excluding hydrogens is 214 g/mol. The number of benzene rings is 1. The molecule has 0 aliphatic carbocycles. The Hall–Kier alpha value is -0.600. The first-order valence-electron chi connectivity index (χ1n) is 3.61. The van der Waals surface area contributed by atoms with Gasteiger partial charge < -0.3 is 0 Å². The third-order valence-corrected chi connectivity index (χ3v) is 2.34. The number of alkyl halides is 2. The molecule has 0 N–H and O–H groups in total. The van der Waals surface area contributed by atoms with Crippen molar-refractivity contribution in [2.24, 2.45) is 0 Å². The summed E-state index contributed by atoms with van der Waals surface area (Å²) in [6, 6.07) is 4.72. The summed E-state index contributed by atoms with van der Waals surface area (Å²) < 4.78 is 12.5. The number of hydrogen-bond acceptors (Lipinski definition) is 1. The van der Waals surface area contributed by atoms with E-state index in [1.807, 2.05) is 0 Å². The summed E-state index contributed by atoms with van der Waals surface area (Å²) >= 11 is 10.8. The molecule has 4 heteroatoms. The average molecular weight is 221 g/mol. The van der Waals surface area contributed by atoms with Crippen molar-refractivity contribution >= 4 is 29.0 Å². The van der Waals surface area contributed by atoms with Crippen molar-refractivity contribution in [1.82, 2.24) is 0 Å². The number of ketones is 1. The number of halogens is 3. The monoisotopic (exact) mass is 220 g/mol. The molecule has 0 saturated carbocycles. The van der Waals surface area contributed by atoms with E-state index < -0.39 is 11.4 Å². The largest absolute Gasteiger partial charge is 0.289 e. The normalized spacial score (nSPS) is 12.6. The molecular formula is C9H7Cl2FO. The van der Waals surface area contributed by atoms with E-state index in [4.69, 9.17) is 23.2 Å². The predicted molar refractivity (Wildman–Crippen MR) is 51.3 cm³/mol. The summed E-state index contributed by atoms with van der Waals surface area (Å²) in [5.41, 5.74) is -1.22. The van der Waals surface area contributed by atoms with E-state index in [1.165, 1.54) is 6.07 Å². The lowest BCUT2D eigenvalue weighted by atomic mass is 10.1. The maximum Gasteiger partial charge on any atom is 0.235 e. The summed E-state index contributed by atoms with van der Waals surface area (Å²) in [5, 5.41) is 0.433. The molecule has 0 aromatic heterocycles. The van der Waals surface area contributed by atoms with E-state index in [2.05, 4.69) is 0 Å². The fourth-order valence-electron chi connectivity index (χ4n) is 0.992. The molecule has 0 aliphatic rings. The third kappa shape index (κ3) is 2.20. The highest BCUT2D eigenvalue weighted by Crippen LogP contribution is 2.21. The van der Waals surface area contributed by atoms with Crippen molar-refractivity contribution in [2.75, 3.05) is 0 Å². The molecule has 0 bridgehead atoms. The fraction of sp³-hybridized carbons (Fsp3) is 0.222. The van der Waals surface area contributed by atoms with Crippen LogP contribution in [0.5, 0.6) is 0 Å². The lowest BCUT2D eigenvalue weighted by molar-refractivity contribution is 0.0934. The van der Waals surface area contributed by atoms with Crippen LogP contribution in [0.4, 0.5) is 4.39 Å². The van der Waals surface area contributed by atoms with Crippen LogP contribution in [0.1, 0.15) is 15.9 Å². The highest BCUT2D eigenvalue weighted by Gasteiger charge is 2.18. The molecule has 1 rings (SSSR count). The van der Waals surface area contributed by atoms with Gasteiger partial charge in [0.1, 0.15) is 0 Å². The van der Waals surface area contributed by atoms with Crippen molar-refractivity contribution in [3.8, 4) is 0 Å². The van der Waals surface area contributed by atoms with Gasteiger partial charge in [0.15, 0.2) is 0 Å². The summed E-state index contributed by atoms with van der Waals surface area (Å²) in [6.45, 7) is 1.65. The Bertz CT molecular complexity index is 336. The van der Waals surface area contributed by atoms with Gasteiger partial charge in [-0.15, -0.1) is 0 Å². The molecule has 13 heavy (non-hydrogen) atoms. The van der Waals surface area contributed by atoms with Gasteiger partial charge in [0, 0.05) is 10.6 Å². The molecule has 0 aliphatic heterocycles. The number of Topliss-reactive ketones (excluding diaryl/α,β-unsaturated/α-hetero) is 1. The van der Waals surface area contributed by atoms with Crippen molar-refractivity contribution in [3.63, 3.8) is 0 Å². The Morgan fingerprint density at radius 3 is 2.69 bits per heavy atom. The number of carbonyl (C=O) groups excluding carboxylic acids is 1. The zero-order chi connectivity index (χ0) is 10.0. The second kappa shape index (κ2) is 4.07. The van der Waals surface area contributed by atoms with E-state index in [9.17, 15) is 9.18 Å². The molecule has 1 aromatic carbocycles. The Morgan fingerprint density at radius 2 is 2.15 bits per heavy atom. The molecule has 0 radical (unpaired) electrons. The smallest absolute Gasteiger partial charge is 0.235 e. The highest BCUT2D eigenvalue weighted by molar-refractivity contribution is 6.34. The lowest BCUT2D eigenvalue weighted by Crippen LogP contribution is -2.10. The van der Waals surface area contributed by atoms with Crippen LogP contribution < -0.4 is 0 Å². The zero-order valence-electron chi connectivity index (χ0n) is 6.85. The maximum atomic E-state index is 12.5. The van der Waals surface area contributed by atoms with Crippen LogP contribution in [-0.4, -0.2) is 11.4 Å². The minimum atomic E-state index is -2.00. The van der Waals surface area contributed by atoms with Crippen LogP contribution in [-0.2, 0) is 0 Å². The molecule has 0 saturated heterocycles. The van der Waals surface area contributed by atoms with Gasteiger partial charge in [0.2, 0.25) is 11.4 Å². The maximum absolute atomic E-state index is 12.5. The van der Waals surface area contributed by atoms with Crippen molar-refractivity contribution in [3.05, 3.63) is 34.3 Å². The SMILES string of the molecule is Cc1c(Cl)cccc1C(=O)C(F)Cl. The molecule has 1 unspecified atom stereocenters. The number of hydrogen-bond donors (Lipinski definition) is 0. The van der Waals surface area contributed by atoms with Crippen molar-refractivity contribution < 1.29 is 9.18 Å². The predicted octanol–water partition coefficient (Wildman–Crippen LogP) is 3.37. The highest BCUT2D eigenvalue weighted by atomic mass is 35.5. The molecule has 0 spiro atoms. The minimum absolute atomic E-state index is 0.231. The fourth-order valence-corrected chi connectivity index (χ4v) is 1.28. The van der Waals surface area contributed by atoms with Gasteiger partial charge in [-0.1, -0.05) is 35.3 Å². The van der Waals surface area contributed by atoms with Crippen molar-refractivity contribution in [2.45, 2.75) is 12.6 Å². The molecule has 70 valence electrons. The zero-order valence-corrected chi connectivity index (χ0v) is 8.36. The van der Waals surface area contributed by atoms with Gasteiger partial charge in [-0.25, -0.2) is 4.39 Å². The Labute approximate surface area is 85.5 Å². The Balaban J connectivity index is 3.15. The van der Waals surface area contributed by atoms with Gasteiger partial charge in [0.05, 0.1) is 0 Å². The van der Waals surface area contributed by atoms with Crippen LogP contribution in [0.25, 0.3) is 0 Å². The van der Waals surface area contributed by atoms with E-state index >= 15 is 0 Å². The van der Waals surface area contributed by atoms with Crippen molar-refractivity contribution in [1.29, 1.82) is 0 Å². The van der Waals surface area contributed by atoms with Crippen LogP contribution in [0.3, 0.4) is 0 Å². The molecule has 0 amide bonds. The number of carbonyl (C=O) groups is 1. The molecule has 1 nitrogen and oxygen atoms in total. The van der Waals surface area contributed by atoms with Crippen LogP contribution >= 0.6 is 23.2 Å². The van der Waals surface area contributed by atoms with E-state index in [0.29, 0.717) is 10.6 Å². The quantitative estimate of drug-likeness (QED) is 0.552. The van der Waals surface area contributed by atoms with E-state index in [-0.39, 0.29) is 5.56 Å². The van der Waals surface area contributed by atoms with Gasteiger partial charge in [-0.3, -0.25) is 4.79 Å². The van der Waals surface area contributed by atoms with Gasteiger partial charge in [-0.05, 0) is 18.6 Å². The van der Waals surface area contributed by atoms with Gasteiger partial charge in [0.25, 0.3) is 0 Å². The lowest BCUT2D eigenvalue weighted by Gasteiger charge is -2.05. The summed E-state index contributed by atoms with van der Waals surface area (Å²) in [6.07, 6.45) is 0. The average Bonchev–Trinajstić information content (AvgIpc) is 2.08. The minimum Gasteiger partial charge on any atom is -0.289 e. The first-order valence-corrected chi connectivity index (χ1v) is 4.43. The molecule has 0 heterocycles. The van der Waals surface area contributed by atoms with Crippen LogP contribution in [0, 0.1) is 6.92 Å². The Morgan fingerprint density at radius 1 is 1.54 bits per heavy atom. The van der Waals surface area contributed by atoms with Gasteiger partial charge >= 0.3 is 0 Å². The van der Waals surface area contributed by atoms with E-state index in [0.717, 1.165) is 0 Å². The topological polar surface area (TPSA) is 17.1 Å². The molecule has 0 fully saturated rings. The van der Waals surface area contributed by atoms with E-state index in [1.54, 1.807) is 19.1 Å². The second-order valence-electron chi connectivity index (χ2n) is 2.58. The van der Waals surface area contributed by atoms with Crippen LogP contribution in [0.15, 0.2) is 18.2 Å². The first kappa shape index (κ1) is 10.5. The molecule has 1 atom stereocenters. The second-order valence-corrected chi connectivity index (χ2v) is 3.37. The third-order valence-electron chi connectivity index (χ3n) is 1.73. The Kier molecular flexibility index (Phi) is 3.28. The summed E-state index contributed by atoms with van der Waals surface area (Å²) in [5.74, 6) is -0.748. The summed E-state index contributed by atoms with van der Waals surface area (Å²) in [4.78, 5) is 11.2. The molecule has 1 aromatic rings. The standard InChI is InChI=1S/C9H7Cl2FO/c1-5-6(8(13)9(11)12)3-2-4-7(5)10/h2-4,9H,1H3.